The Balaban J connectivity index is 1.94. The molecule has 6 heteroatoms. The summed E-state index contributed by atoms with van der Waals surface area (Å²) >= 11 is 1.62. The van der Waals surface area contributed by atoms with Gasteiger partial charge in [-0.05, 0) is 22.6 Å². The number of methoxy groups -OCH3 is 1. The summed E-state index contributed by atoms with van der Waals surface area (Å²) in [6, 6.07) is 29.2. The molecule has 3 aromatic rings. The monoisotopic (exact) mass is 490 g/mol. The summed E-state index contributed by atoms with van der Waals surface area (Å²) in [5.41, 5.74) is 9.70. The fourth-order valence-electron chi connectivity index (χ4n) is 4.12. The van der Waals surface area contributed by atoms with Gasteiger partial charge >= 0.3 is 5.97 Å². The van der Waals surface area contributed by atoms with Gasteiger partial charge in [-0.2, -0.15) is 0 Å². The first-order valence-electron chi connectivity index (χ1n) is 11.9. The Morgan fingerprint density at radius 2 is 1.31 bits per heavy atom. The zero-order valence-electron chi connectivity index (χ0n) is 20.5. The number of hydrogen-bond acceptors (Lipinski definition) is 5. The smallest absolute Gasteiger partial charge is 0.328 e. The maximum atomic E-state index is 13.1. The second-order valence-electron chi connectivity index (χ2n) is 8.59. The molecule has 0 radical (unpaired) electrons. The molecule has 0 aromatic heterocycles. The first-order chi connectivity index (χ1) is 16.9. The summed E-state index contributed by atoms with van der Waals surface area (Å²) in [7, 11) is 1.33. The van der Waals surface area contributed by atoms with Crippen LogP contribution in [0.15, 0.2) is 91.0 Å². The van der Waals surface area contributed by atoms with Gasteiger partial charge in [0.15, 0.2) is 0 Å². The first-order valence-corrected chi connectivity index (χ1v) is 12.9. The lowest BCUT2D eigenvalue weighted by Crippen LogP contribution is -2.52. The van der Waals surface area contributed by atoms with Crippen LogP contribution >= 0.6 is 11.8 Å². The van der Waals surface area contributed by atoms with Crippen LogP contribution in [0.2, 0.25) is 0 Å². The predicted octanol–water partition coefficient (Wildman–Crippen LogP) is 4.74. The van der Waals surface area contributed by atoms with Crippen LogP contribution in [0.3, 0.4) is 0 Å². The third kappa shape index (κ3) is 6.13. The van der Waals surface area contributed by atoms with E-state index in [9.17, 15) is 9.59 Å². The second-order valence-corrected chi connectivity index (χ2v) is 9.83. The lowest BCUT2D eigenvalue weighted by atomic mass is 9.84. The Kier molecular flexibility index (Phi) is 9.52. The quantitative estimate of drug-likeness (QED) is 0.300. The summed E-state index contributed by atoms with van der Waals surface area (Å²) in [5.74, 6) is -0.543. The van der Waals surface area contributed by atoms with E-state index in [-0.39, 0.29) is 11.8 Å². The standard InChI is InChI=1S/C29H34N2O3S/c1-4-21(2)26(28(33)34-3)31-27(32)25(30)20-35-29(22-14-8-5-9-15-22,23-16-10-6-11-17-23)24-18-12-7-13-19-24/h5-19,21,25-26H,4,20,30H2,1-3H3,(H,31,32)/t21-,25-,26-/m0/s1. The summed E-state index contributed by atoms with van der Waals surface area (Å²) < 4.78 is 4.33. The highest BCUT2D eigenvalue weighted by atomic mass is 32.2. The van der Waals surface area contributed by atoms with Crippen molar-refractivity contribution >= 4 is 23.6 Å². The fourth-order valence-corrected chi connectivity index (χ4v) is 5.60. The highest BCUT2D eigenvalue weighted by molar-refractivity contribution is 8.00. The SMILES string of the molecule is CC[C@H](C)[C@H](NC(=O)[C@@H](N)CSC(c1ccccc1)(c1ccccc1)c1ccccc1)C(=O)OC. The van der Waals surface area contributed by atoms with E-state index in [1.807, 2.05) is 68.4 Å². The number of hydrogen-bond donors (Lipinski definition) is 2. The molecular weight excluding hydrogens is 456 g/mol. The van der Waals surface area contributed by atoms with Crippen LogP contribution in [-0.4, -0.2) is 36.8 Å². The van der Waals surface area contributed by atoms with Crippen LogP contribution in [-0.2, 0) is 19.1 Å². The Morgan fingerprint density at radius 1 is 0.886 bits per heavy atom. The molecule has 35 heavy (non-hydrogen) atoms. The van der Waals surface area contributed by atoms with Crippen LogP contribution in [0, 0.1) is 5.92 Å². The van der Waals surface area contributed by atoms with Gasteiger partial charge in [0.2, 0.25) is 5.91 Å². The van der Waals surface area contributed by atoms with Gasteiger partial charge in [-0.25, -0.2) is 4.79 Å². The zero-order valence-corrected chi connectivity index (χ0v) is 21.3. The van der Waals surface area contributed by atoms with Crippen LogP contribution in [0.4, 0.5) is 0 Å². The van der Waals surface area contributed by atoms with Gasteiger partial charge in [-0.15, -0.1) is 11.8 Å². The summed E-state index contributed by atoms with van der Waals surface area (Å²) in [6.45, 7) is 3.88. The Bertz CT molecular complexity index is 980. The Hall–Kier alpha value is -3.09. The van der Waals surface area contributed by atoms with E-state index in [1.54, 1.807) is 11.8 Å². The summed E-state index contributed by atoms with van der Waals surface area (Å²) in [5, 5.41) is 2.82. The van der Waals surface area contributed by atoms with Crippen molar-refractivity contribution in [1.29, 1.82) is 0 Å². The molecule has 184 valence electrons. The highest BCUT2D eigenvalue weighted by Crippen LogP contribution is 2.48. The molecule has 0 saturated carbocycles. The van der Waals surface area contributed by atoms with Crippen molar-refractivity contribution in [3.8, 4) is 0 Å². The predicted molar refractivity (Wildman–Crippen MR) is 143 cm³/mol. The number of benzene rings is 3. The van der Waals surface area contributed by atoms with E-state index < -0.39 is 22.8 Å². The van der Waals surface area contributed by atoms with Crippen molar-refractivity contribution in [2.75, 3.05) is 12.9 Å². The van der Waals surface area contributed by atoms with Crippen LogP contribution in [0.1, 0.15) is 37.0 Å². The van der Waals surface area contributed by atoms with Crippen LogP contribution < -0.4 is 11.1 Å². The second kappa shape index (κ2) is 12.6. The highest BCUT2D eigenvalue weighted by Gasteiger charge is 2.38. The molecule has 5 nitrogen and oxygen atoms in total. The third-order valence-corrected chi connectivity index (χ3v) is 7.99. The molecule has 0 bridgehead atoms. The molecule has 0 aliphatic heterocycles. The molecule has 3 N–H and O–H groups in total. The van der Waals surface area contributed by atoms with E-state index in [4.69, 9.17) is 10.5 Å². The lowest BCUT2D eigenvalue weighted by molar-refractivity contribution is -0.146. The molecule has 3 atom stereocenters. The maximum absolute atomic E-state index is 13.1. The van der Waals surface area contributed by atoms with Crippen LogP contribution in [0.5, 0.6) is 0 Å². The molecule has 0 heterocycles. The van der Waals surface area contributed by atoms with Gasteiger partial charge in [0.25, 0.3) is 0 Å². The van der Waals surface area contributed by atoms with E-state index in [2.05, 4.69) is 41.7 Å². The van der Waals surface area contributed by atoms with Gasteiger partial charge in [0, 0.05) is 5.75 Å². The Morgan fingerprint density at radius 3 is 1.69 bits per heavy atom. The van der Waals surface area contributed by atoms with Crippen molar-refractivity contribution in [2.24, 2.45) is 11.7 Å². The van der Waals surface area contributed by atoms with Gasteiger partial charge < -0.3 is 15.8 Å². The number of ether oxygens (including phenoxy) is 1. The molecule has 0 fully saturated rings. The minimum absolute atomic E-state index is 0.0664. The van der Waals surface area contributed by atoms with Crippen molar-refractivity contribution in [2.45, 2.75) is 37.1 Å². The molecule has 3 rings (SSSR count). The number of amides is 1. The molecule has 0 unspecified atom stereocenters. The van der Waals surface area contributed by atoms with E-state index in [1.165, 1.54) is 7.11 Å². The molecule has 3 aromatic carbocycles. The average Bonchev–Trinajstić information content (AvgIpc) is 2.92. The number of rotatable bonds is 11. The molecule has 0 saturated heterocycles. The largest absolute Gasteiger partial charge is 0.467 e. The molecule has 0 spiro atoms. The molecular formula is C29H34N2O3S. The minimum atomic E-state index is -0.813. The molecule has 1 amide bonds. The van der Waals surface area contributed by atoms with Gasteiger partial charge in [0.05, 0.1) is 17.9 Å². The number of nitrogens with one attached hydrogen (secondary N) is 1. The van der Waals surface area contributed by atoms with E-state index in [0.717, 1.165) is 23.1 Å². The van der Waals surface area contributed by atoms with Gasteiger partial charge in [-0.3, -0.25) is 4.79 Å². The van der Waals surface area contributed by atoms with Crippen molar-refractivity contribution in [3.05, 3.63) is 108 Å². The maximum Gasteiger partial charge on any atom is 0.328 e. The lowest BCUT2D eigenvalue weighted by Gasteiger charge is -2.36. The van der Waals surface area contributed by atoms with E-state index in [0.29, 0.717) is 5.75 Å². The Labute approximate surface area is 212 Å². The average molecular weight is 491 g/mol. The number of carbonyl (C=O) groups excluding carboxylic acids is 2. The minimum Gasteiger partial charge on any atom is -0.467 e. The summed E-state index contributed by atoms with van der Waals surface area (Å²) in [4.78, 5) is 25.3. The van der Waals surface area contributed by atoms with E-state index >= 15 is 0 Å². The number of thioether (sulfide) groups is 1. The molecule has 0 aliphatic rings. The van der Waals surface area contributed by atoms with Crippen molar-refractivity contribution in [3.63, 3.8) is 0 Å². The summed E-state index contributed by atoms with van der Waals surface area (Å²) in [6.07, 6.45) is 0.725. The third-order valence-electron chi connectivity index (χ3n) is 6.32. The number of esters is 1. The fraction of sp³-hybridized carbons (Fsp3) is 0.310. The number of nitrogens with two attached hydrogens (primary N) is 1. The van der Waals surface area contributed by atoms with Gasteiger partial charge in [-0.1, -0.05) is 111 Å². The topological polar surface area (TPSA) is 81.4 Å². The zero-order chi connectivity index (χ0) is 25.3. The first kappa shape index (κ1) is 26.5. The van der Waals surface area contributed by atoms with Crippen molar-refractivity contribution in [1.82, 2.24) is 5.32 Å². The van der Waals surface area contributed by atoms with Gasteiger partial charge in [0.1, 0.15) is 6.04 Å². The van der Waals surface area contributed by atoms with Crippen LogP contribution in [0.25, 0.3) is 0 Å². The number of carbonyl (C=O) groups is 2. The normalized spacial score (nSPS) is 13.9. The van der Waals surface area contributed by atoms with Crippen molar-refractivity contribution < 1.29 is 14.3 Å². The molecule has 0 aliphatic carbocycles.